The molecule has 2 aromatic carbocycles. The van der Waals surface area contributed by atoms with Gasteiger partial charge in [-0.25, -0.2) is 12.7 Å². The van der Waals surface area contributed by atoms with Gasteiger partial charge in [0, 0.05) is 25.3 Å². The number of rotatable bonds is 7. The van der Waals surface area contributed by atoms with Gasteiger partial charge in [-0.1, -0.05) is 6.07 Å². The summed E-state index contributed by atoms with van der Waals surface area (Å²) in [7, 11) is 0.664. The molecular formula is C18H22N2O5S. The van der Waals surface area contributed by atoms with Gasteiger partial charge in [-0.15, -0.1) is 0 Å². The number of nitrogens with one attached hydrogen (secondary N) is 1. The molecule has 0 spiro atoms. The molecular weight excluding hydrogens is 356 g/mol. The Morgan fingerprint density at radius 2 is 1.88 bits per heavy atom. The zero-order valence-corrected chi connectivity index (χ0v) is 16.0. The van der Waals surface area contributed by atoms with Crippen molar-refractivity contribution in [3.63, 3.8) is 0 Å². The summed E-state index contributed by atoms with van der Waals surface area (Å²) in [6.07, 6.45) is 0. The van der Waals surface area contributed by atoms with Crippen molar-refractivity contribution in [2.45, 2.75) is 11.8 Å². The van der Waals surface area contributed by atoms with Crippen molar-refractivity contribution < 1.29 is 22.7 Å². The molecule has 1 N–H and O–H groups in total. The SMILES string of the molecule is CCOc1ccc(NC(=O)c2cccc(OC)c2)cc1S(=O)(=O)N(C)C. The monoisotopic (exact) mass is 378 g/mol. The smallest absolute Gasteiger partial charge is 0.255 e. The van der Waals surface area contributed by atoms with Crippen molar-refractivity contribution in [2.24, 2.45) is 0 Å². The number of hydrogen-bond donors (Lipinski definition) is 1. The Hall–Kier alpha value is -2.58. The number of carbonyl (C=O) groups excluding carboxylic acids is 1. The van der Waals surface area contributed by atoms with Crippen LogP contribution >= 0.6 is 0 Å². The van der Waals surface area contributed by atoms with E-state index in [0.29, 0.717) is 23.6 Å². The zero-order chi connectivity index (χ0) is 19.3. The summed E-state index contributed by atoms with van der Waals surface area (Å²) in [6, 6.07) is 11.2. The van der Waals surface area contributed by atoms with Crippen LogP contribution in [0.25, 0.3) is 0 Å². The van der Waals surface area contributed by atoms with Gasteiger partial charge < -0.3 is 14.8 Å². The minimum Gasteiger partial charge on any atom is -0.497 e. The number of sulfonamides is 1. The molecule has 0 fully saturated rings. The largest absolute Gasteiger partial charge is 0.497 e. The Morgan fingerprint density at radius 3 is 2.50 bits per heavy atom. The summed E-state index contributed by atoms with van der Waals surface area (Å²) in [4.78, 5) is 12.4. The first kappa shape index (κ1) is 19.7. The van der Waals surface area contributed by atoms with Crippen molar-refractivity contribution in [2.75, 3.05) is 33.1 Å². The predicted molar refractivity (Wildman–Crippen MR) is 99.4 cm³/mol. The van der Waals surface area contributed by atoms with Crippen LogP contribution in [-0.4, -0.2) is 46.4 Å². The molecule has 0 aliphatic heterocycles. The number of carbonyl (C=O) groups is 1. The number of ether oxygens (including phenoxy) is 2. The van der Waals surface area contributed by atoms with Crippen LogP contribution in [0.4, 0.5) is 5.69 Å². The number of benzene rings is 2. The third-order valence-electron chi connectivity index (χ3n) is 3.59. The summed E-state index contributed by atoms with van der Waals surface area (Å²) in [5, 5.41) is 2.70. The Kier molecular flexibility index (Phi) is 6.23. The Bertz CT molecular complexity index is 894. The molecule has 0 radical (unpaired) electrons. The normalized spacial score (nSPS) is 11.3. The van der Waals surface area contributed by atoms with Crippen molar-refractivity contribution >= 4 is 21.6 Å². The molecule has 2 aromatic rings. The van der Waals surface area contributed by atoms with Gasteiger partial charge in [0.05, 0.1) is 13.7 Å². The van der Waals surface area contributed by atoms with Crippen molar-refractivity contribution in [3.05, 3.63) is 48.0 Å². The molecule has 0 aliphatic rings. The van der Waals surface area contributed by atoms with E-state index in [1.807, 2.05) is 0 Å². The quantitative estimate of drug-likeness (QED) is 0.800. The van der Waals surface area contributed by atoms with E-state index in [1.54, 1.807) is 37.3 Å². The maximum Gasteiger partial charge on any atom is 0.255 e. The number of hydrogen-bond acceptors (Lipinski definition) is 5. The Morgan fingerprint density at radius 1 is 1.15 bits per heavy atom. The standard InChI is InChI=1S/C18H22N2O5S/c1-5-25-16-10-9-14(12-17(16)26(22,23)20(2)3)19-18(21)13-7-6-8-15(11-13)24-4/h6-12H,5H2,1-4H3,(H,19,21). The van der Waals surface area contributed by atoms with Crippen molar-refractivity contribution in [1.82, 2.24) is 4.31 Å². The Balaban J connectivity index is 2.37. The van der Waals surface area contributed by atoms with E-state index in [4.69, 9.17) is 9.47 Å². The summed E-state index contributed by atoms with van der Waals surface area (Å²) < 4.78 is 36.7. The molecule has 0 saturated heterocycles. The maximum absolute atomic E-state index is 12.5. The molecule has 0 heterocycles. The first-order valence-electron chi connectivity index (χ1n) is 7.94. The fraction of sp³-hybridized carbons (Fsp3) is 0.278. The molecule has 7 nitrogen and oxygen atoms in total. The van der Waals surface area contributed by atoms with Crippen molar-refractivity contribution in [3.8, 4) is 11.5 Å². The minimum atomic E-state index is -3.73. The second-order valence-electron chi connectivity index (χ2n) is 5.57. The second-order valence-corrected chi connectivity index (χ2v) is 7.69. The van der Waals surface area contributed by atoms with Crippen LogP contribution in [0, 0.1) is 0 Å². The highest BCUT2D eigenvalue weighted by atomic mass is 32.2. The van der Waals surface area contributed by atoms with Gasteiger partial charge in [0.25, 0.3) is 5.91 Å². The topological polar surface area (TPSA) is 84.9 Å². The predicted octanol–water partition coefficient (Wildman–Crippen LogP) is 2.60. The van der Waals surface area contributed by atoms with Crippen LogP contribution in [0.5, 0.6) is 11.5 Å². The van der Waals surface area contributed by atoms with Gasteiger partial charge in [0.15, 0.2) is 0 Å². The lowest BCUT2D eigenvalue weighted by molar-refractivity contribution is 0.102. The molecule has 0 saturated carbocycles. The fourth-order valence-electron chi connectivity index (χ4n) is 2.23. The first-order chi connectivity index (χ1) is 12.3. The fourth-order valence-corrected chi connectivity index (χ4v) is 3.28. The van der Waals surface area contributed by atoms with Crippen LogP contribution in [0.3, 0.4) is 0 Å². The average molecular weight is 378 g/mol. The molecule has 0 bridgehead atoms. The summed E-state index contributed by atoms with van der Waals surface area (Å²) in [5.41, 5.74) is 0.747. The summed E-state index contributed by atoms with van der Waals surface area (Å²) in [6.45, 7) is 2.09. The molecule has 0 atom stereocenters. The van der Waals surface area contributed by atoms with E-state index in [2.05, 4.69) is 5.32 Å². The number of anilines is 1. The highest BCUT2D eigenvalue weighted by Gasteiger charge is 2.23. The molecule has 1 amide bonds. The highest BCUT2D eigenvalue weighted by Crippen LogP contribution is 2.29. The zero-order valence-electron chi connectivity index (χ0n) is 15.1. The summed E-state index contributed by atoms with van der Waals surface area (Å²) in [5.74, 6) is 0.419. The van der Waals surface area contributed by atoms with Gasteiger partial charge in [-0.05, 0) is 43.3 Å². The Labute approximate surface area is 153 Å². The molecule has 0 aromatic heterocycles. The van der Waals surface area contributed by atoms with E-state index < -0.39 is 10.0 Å². The van der Waals surface area contributed by atoms with E-state index in [-0.39, 0.29) is 16.6 Å². The van der Waals surface area contributed by atoms with Crippen LogP contribution < -0.4 is 14.8 Å². The first-order valence-corrected chi connectivity index (χ1v) is 9.38. The lowest BCUT2D eigenvalue weighted by Gasteiger charge is -2.16. The highest BCUT2D eigenvalue weighted by molar-refractivity contribution is 7.89. The average Bonchev–Trinajstić information content (AvgIpc) is 2.63. The molecule has 140 valence electrons. The molecule has 2 rings (SSSR count). The third kappa shape index (κ3) is 4.33. The molecule has 26 heavy (non-hydrogen) atoms. The minimum absolute atomic E-state index is 0.00667. The van der Waals surface area contributed by atoms with Gasteiger partial charge in [0.1, 0.15) is 16.4 Å². The van der Waals surface area contributed by atoms with Crippen molar-refractivity contribution in [1.29, 1.82) is 0 Å². The van der Waals surface area contributed by atoms with Crippen LogP contribution in [0.1, 0.15) is 17.3 Å². The van der Waals surface area contributed by atoms with E-state index >= 15 is 0 Å². The molecule has 8 heteroatoms. The van der Waals surface area contributed by atoms with Gasteiger partial charge in [-0.2, -0.15) is 0 Å². The van der Waals surface area contributed by atoms with Crippen LogP contribution in [0.15, 0.2) is 47.4 Å². The van der Waals surface area contributed by atoms with E-state index in [1.165, 1.54) is 33.3 Å². The number of nitrogens with zero attached hydrogens (tertiary/aromatic N) is 1. The maximum atomic E-state index is 12.5. The second kappa shape index (κ2) is 8.20. The lowest BCUT2D eigenvalue weighted by Crippen LogP contribution is -2.23. The van der Waals surface area contributed by atoms with Gasteiger partial charge in [0.2, 0.25) is 10.0 Å². The van der Waals surface area contributed by atoms with Gasteiger partial charge in [-0.3, -0.25) is 4.79 Å². The van der Waals surface area contributed by atoms with E-state index in [0.717, 1.165) is 4.31 Å². The van der Waals surface area contributed by atoms with Crippen LogP contribution in [0.2, 0.25) is 0 Å². The molecule has 0 unspecified atom stereocenters. The van der Waals surface area contributed by atoms with E-state index in [9.17, 15) is 13.2 Å². The van der Waals surface area contributed by atoms with Gasteiger partial charge >= 0.3 is 0 Å². The lowest BCUT2D eigenvalue weighted by atomic mass is 10.2. The molecule has 0 aliphatic carbocycles. The number of methoxy groups -OCH3 is 1. The third-order valence-corrected chi connectivity index (χ3v) is 5.43. The van der Waals surface area contributed by atoms with Crippen LogP contribution in [-0.2, 0) is 10.0 Å². The summed E-state index contributed by atoms with van der Waals surface area (Å²) >= 11 is 0. The number of amides is 1.